The Morgan fingerprint density at radius 2 is 2.20 bits per heavy atom. The maximum atomic E-state index is 6.37. The second-order valence-corrected chi connectivity index (χ2v) is 4.99. The average Bonchev–Trinajstić information content (AvgIpc) is 3.00. The molecule has 1 aromatic heterocycles. The lowest BCUT2D eigenvalue weighted by Crippen LogP contribution is -2.12. The molecule has 0 saturated carbocycles. The summed E-state index contributed by atoms with van der Waals surface area (Å²) in [6, 6.07) is 6.00. The third-order valence-electron chi connectivity index (χ3n) is 3.53. The molecule has 0 bridgehead atoms. The molecule has 0 aliphatic carbocycles. The van der Waals surface area contributed by atoms with E-state index in [1.54, 1.807) is 13.3 Å². The molecule has 0 spiro atoms. The smallest absolute Gasteiger partial charge is 0.137 e. The lowest BCUT2D eigenvalue weighted by atomic mass is 9.96. The number of hydrogen-bond donors (Lipinski definition) is 2. The maximum Gasteiger partial charge on any atom is 0.137 e. The quantitative estimate of drug-likeness (QED) is 0.757. The summed E-state index contributed by atoms with van der Waals surface area (Å²) in [4.78, 5) is 7.48. The van der Waals surface area contributed by atoms with E-state index in [0.29, 0.717) is 0 Å². The van der Waals surface area contributed by atoms with Crippen molar-refractivity contribution in [1.29, 1.82) is 0 Å². The molecule has 2 rings (SSSR count). The standard InChI is InChI=1S/C16H23N3O/c1-3-4-5-6-15(17)14-11-12(20-2)7-8-13(14)16-18-9-10-19-16/h7-11,15H,3-6,17H2,1-2H3,(H,18,19). The Kier molecular flexibility index (Phi) is 5.18. The summed E-state index contributed by atoms with van der Waals surface area (Å²) >= 11 is 0. The van der Waals surface area contributed by atoms with Gasteiger partial charge in [0.05, 0.1) is 7.11 Å². The summed E-state index contributed by atoms with van der Waals surface area (Å²) in [7, 11) is 1.67. The zero-order chi connectivity index (χ0) is 14.4. The highest BCUT2D eigenvalue weighted by molar-refractivity contribution is 5.62. The summed E-state index contributed by atoms with van der Waals surface area (Å²) < 4.78 is 5.32. The van der Waals surface area contributed by atoms with Crippen molar-refractivity contribution in [2.45, 2.75) is 38.6 Å². The molecular formula is C16H23N3O. The Bertz CT molecular complexity index is 523. The van der Waals surface area contributed by atoms with Crippen LogP contribution in [0.4, 0.5) is 0 Å². The monoisotopic (exact) mass is 273 g/mol. The molecule has 3 N–H and O–H groups in total. The molecule has 0 fully saturated rings. The van der Waals surface area contributed by atoms with Gasteiger partial charge in [-0.05, 0) is 30.2 Å². The molecule has 0 aliphatic heterocycles. The van der Waals surface area contributed by atoms with Gasteiger partial charge >= 0.3 is 0 Å². The SMILES string of the molecule is CCCCCC(N)c1cc(OC)ccc1-c1ncc[nH]1. The number of aromatic nitrogens is 2. The number of benzene rings is 1. The summed E-state index contributed by atoms with van der Waals surface area (Å²) in [5.41, 5.74) is 8.52. The van der Waals surface area contributed by atoms with Crippen molar-refractivity contribution < 1.29 is 4.74 Å². The fourth-order valence-electron chi connectivity index (χ4n) is 2.37. The van der Waals surface area contributed by atoms with Crippen LogP contribution >= 0.6 is 0 Å². The minimum absolute atomic E-state index is 0.0109. The van der Waals surface area contributed by atoms with E-state index in [4.69, 9.17) is 10.5 Å². The molecule has 108 valence electrons. The highest BCUT2D eigenvalue weighted by Crippen LogP contribution is 2.31. The number of unbranched alkanes of at least 4 members (excludes halogenated alkanes) is 2. The molecule has 0 radical (unpaired) electrons. The van der Waals surface area contributed by atoms with E-state index >= 15 is 0 Å². The van der Waals surface area contributed by atoms with Crippen molar-refractivity contribution >= 4 is 0 Å². The number of rotatable bonds is 7. The molecule has 0 amide bonds. The largest absolute Gasteiger partial charge is 0.497 e. The lowest BCUT2D eigenvalue weighted by Gasteiger charge is -2.16. The van der Waals surface area contributed by atoms with Gasteiger partial charge in [0.2, 0.25) is 0 Å². The third-order valence-corrected chi connectivity index (χ3v) is 3.53. The summed E-state index contributed by atoms with van der Waals surface area (Å²) in [5, 5.41) is 0. The minimum atomic E-state index is 0.0109. The molecule has 2 aromatic rings. The zero-order valence-corrected chi connectivity index (χ0v) is 12.2. The first kappa shape index (κ1) is 14.6. The maximum absolute atomic E-state index is 6.37. The van der Waals surface area contributed by atoms with E-state index in [-0.39, 0.29) is 6.04 Å². The average molecular weight is 273 g/mol. The Morgan fingerprint density at radius 1 is 1.35 bits per heavy atom. The van der Waals surface area contributed by atoms with Crippen molar-refractivity contribution in [3.8, 4) is 17.1 Å². The topological polar surface area (TPSA) is 63.9 Å². The lowest BCUT2D eigenvalue weighted by molar-refractivity contribution is 0.413. The molecule has 1 heterocycles. The highest BCUT2D eigenvalue weighted by atomic mass is 16.5. The van der Waals surface area contributed by atoms with Crippen LogP contribution in [0.2, 0.25) is 0 Å². The van der Waals surface area contributed by atoms with Crippen molar-refractivity contribution in [3.05, 3.63) is 36.2 Å². The molecule has 4 heteroatoms. The van der Waals surface area contributed by atoms with Gasteiger partial charge in [-0.3, -0.25) is 0 Å². The van der Waals surface area contributed by atoms with Crippen molar-refractivity contribution in [1.82, 2.24) is 9.97 Å². The number of hydrogen-bond acceptors (Lipinski definition) is 3. The van der Waals surface area contributed by atoms with Gasteiger partial charge in [0.1, 0.15) is 11.6 Å². The summed E-state index contributed by atoms with van der Waals surface area (Å²) in [6.07, 6.45) is 8.13. The highest BCUT2D eigenvalue weighted by Gasteiger charge is 2.15. The van der Waals surface area contributed by atoms with Gasteiger partial charge in [0, 0.05) is 24.0 Å². The predicted molar refractivity (Wildman–Crippen MR) is 81.6 cm³/mol. The predicted octanol–water partition coefficient (Wildman–Crippen LogP) is 3.67. The molecular weight excluding hydrogens is 250 g/mol. The van der Waals surface area contributed by atoms with E-state index in [2.05, 4.69) is 16.9 Å². The van der Waals surface area contributed by atoms with E-state index in [1.807, 2.05) is 24.4 Å². The number of methoxy groups -OCH3 is 1. The van der Waals surface area contributed by atoms with E-state index in [0.717, 1.165) is 35.5 Å². The van der Waals surface area contributed by atoms with Crippen molar-refractivity contribution in [2.75, 3.05) is 7.11 Å². The zero-order valence-electron chi connectivity index (χ0n) is 12.2. The van der Waals surface area contributed by atoms with Crippen LogP contribution in [0, 0.1) is 0 Å². The second kappa shape index (κ2) is 7.10. The molecule has 1 unspecified atom stereocenters. The van der Waals surface area contributed by atoms with Crippen LogP contribution in [0.1, 0.15) is 44.2 Å². The van der Waals surface area contributed by atoms with Gasteiger partial charge in [-0.25, -0.2) is 4.98 Å². The number of nitrogens with one attached hydrogen (secondary N) is 1. The van der Waals surface area contributed by atoms with Gasteiger partial charge in [0.15, 0.2) is 0 Å². The van der Waals surface area contributed by atoms with Crippen LogP contribution in [0.15, 0.2) is 30.6 Å². The number of H-pyrrole nitrogens is 1. The molecule has 20 heavy (non-hydrogen) atoms. The Labute approximate surface area is 120 Å². The molecule has 4 nitrogen and oxygen atoms in total. The normalized spacial score (nSPS) is 12.3. The Hall–Kier alpha value is -1.81. The van der Waals surface area contributed by atoms with Gasteiger partial charge in [-0.1, -0.05) is 26.2 Å². The van der Waals surface area contributed by atoms with Crippen LogP contribution in [0.25, 0.3) is 11.4 Å². The Morgan fingerprint density at radius 3 is 2.85 bits per heavy atom. The molecule has 0 saturated heterocycles. The minimum Gasteiger partial charge on any atom is -0.497 e. The Balaban J connectivity index is 2.27. The summed E-state index contributed by atoms with van der Waals surface area (Å²) in [5.74, 6) is 1.69. The van der Waals surface area contributed by atoms with Crippen LogP contribution < -0.4 is 10.5 Å². The van der Waals surface area contributed by atoms with Crippen molar-refractivity contribution in [2.24, 2.45) is 5.73 Å². The number of nitrogens with zero attached hydrogens (tertiary/aromatic N) is 1. The van der Waals surface area contributed by atoms with Crippen LogP contribution in [0.3, 0.4) is 0 Å². The molecule has 1 atom stereocenters. The molecule has 1 aromatic carbocycles. The van der Waals surface area contributed by atoms with Crippen LogP contribution in [-0.2, 0) is 0 Å². The number of imidazole rings is 1. The summed E-state index contributed by atoms with van der Waals surface area (Å²) in [6.45, 7) is 2.20. The first-order chi connectivity index (χ1) is 9.76. The number of nitrogens with two attached hydrogens (primary N) is 1. The first-order valence-corrected chi connectivity index (χ1v) is 7.19. The van der Waals surface area contributed by atoms with E-state index in [1.165, 1.54) is 12.8 Å². The fourth-order valence-corrected chi connectivity index (χ4v) is 2.37. The molecule has 0 aliphatic rings. The fraction of sp³-hybridized carbons (Fsp3) is 0.438. The van der Waals surface area contributed by atoms with Gasteiger partial charge < -0.3 is 15.5 Å². The van der Waals surface area contributed by atoms with E-state index < -0.39 is 0 Å². The second-order valence-electron chi connectivity index (χ2n) is 4.99. The van der Waals surface area contributed by atoms with Gasteiger partial charge in [0.25, 0.3) is 0 Å². The first-order valence-electron chi connectivity index (χ1n) is 7.19. The van der Waals surface area contributed by atoms with Crippen LogP contribution in [0.5, 0.6) is 5.75 Å². The number of aromatic amines is 1. The van der Waals surface area contributed by atoms with Crippen molar-refractivity contribution in [3.63, 3.8) is 0 Å². The van der Waals surface area contributed by atoms with Gasteiger partial charge in [-0.2, -0.15) is 0 Å². The number of ether oxygens (including phenoxy) is 1. The third kappa shape index (κ3) is 3.39. The van der Waals surface area contributed by atoms with Gasteiger partial charge in [-0.15, -0.1) is 0 Å². The van der Waals surface area contributed by atoms with Crippen LogP contribution in [-0.4, -0.2) is 17.1 Å². The van der Waals surface area contributed by atoms with E-state index in [9.17, 15) is 0 Å².